The van der Waals surface area contributed by atoms with E-state index >= 15 is 0 Å². The smallest absolute Gasteiger partial charge is 0.516 e. The fourth-order valence-corrected chi connectivity index (χ4v) is 3.38. The summed E-state index contributed by atoms with van der Waals surface area (Å²) in [6, 6.07) is 10.7. The molecule has 0 bridgehead atoms. The fourth-order valence-electron chi connectivity index (χ4n) is 3.38. The molecule has 158 valence electrons. The molecule has 1 heterocycles. The van der Waals surface area contributed by atoms with Gasteiger partial charge < -0.3 is 19.1 Å². The van der Waals surface area contributed by atoms with E-state index in [0.29, 0.717) is 33.5 Å². The number of halogens is 3. The summed E-state index contributed by atoms with van der Waals surface area (Å²) in [6.45, 7) is 2.01. The zero-order valence-electron chi connectivity index (χ0n) is 16.4. The van der Waals surface area contributed by atoms with Gasteiger partial charge in [-0.3, -0.25) is 4.79 Å². The van der Waals surface area contributed by atoms with Crippen molar-refractivity contribution in [3.05, 3.63) is 71.6 Å². The molecule has 0 spiro atoms. The van der Waals surface area contributed by atoms with Crippen LogP contribution in [0.4, 0.5) is 13.2 Å². The molecule has 8 heteroatoms. The molecule has 3 rings (SSSR count). The molecule has 0 unspecified atom stereocenters. The van der Waals surface area contributed by atoms with Crippen molar-refractivity contribution in [1.82, 2.24) is 4.57 Å². The summed E-state index contributed by atoms with van der Waals surface area (Å²) in [7, 11) is 1.53. The molecule has 1 aromatic heterocycles. The summed E-state index contributed by atoms with van der Waals surface area (Å²) in [4.78, 5) is 12.8. The van der Waals surface area contributed by atoms with Crippen molar-refractivity contribution in [3.63, 3.8) is 0 Å². The highest BCUT2D eigenvalue weighted by atomic mass is 19.4. The second-order valence-electron chi connectivity index (χ2n) is 6.61. The first-order chi connectivity index (χ1) is 14.2. The molecule has 0 aliphatic rings. The summed E-state index contributed by atoms with van der Waals surface area (Å²) >= 11 is 0. The zero-order valence-corrected chi connectivity index (χ0v) is 16.4. The molecule has 30 heavy (non-hydrogen) atoms. The van der Waals surface area contributed by atoms with E-state index in [0.717, 1.165) is 6.26 Å². The quantitative estimate of drug-likeness (QED) is 0.414. The van der Waals surface area contributed by atoms with Crippen LogP contribution in [0.5, 0.6) is 11.5 Å². The number of methoxy groups -OCH3 is 1. The van der Waals surface area contributed by atoms with Crippen LogP contribution in [-0.2, 0) is 13.0 Å². The molecular formula is C22H20F3NO4. The molecule has 0 fully saturated rings. The van der Waals surface area contributed by atoms with Gasteiger partial charge in [0, 0.05) is 35.7 Å². The molecule has 0 atom stereocenters. The molecule has 1 N–H and O–H groups in total. The first-order valence-electron chi connectivity index (χ1n) is 9.07. The van der Waals surface area contributed by atoms with E-state index in [1.165, 1.54) is 31.4 Å². The van der Waals surface area contributed by atoms with E-state index in [1.54, 1.807) is 35.8 Å². The van der Waals surface area contributed by atoms with Crippen LogP contribution < -0.4 is 9.47 Å². The number of ketones is 1. The summed E-state index contributed by atoms with van der Waals surface area (Å²) in [5, 5.41) is 9.66. The number of hydrogen-bond acceptors (Lipinski definition) is 4. The molecule has 0 saturated heterocycles. The van der Waals surface area contributed by atoms with Gasteiger partial charge in [0.05, 0.1) is 18.9 Å². The number of aromatic nitrogens is 1. The van der Waals surface area contributed by atoms with E-state index in [4.69, 9.17) is 9.84 Å². The van der Waals surface area contributed by atoms with Gasteiger partial charge in [-0.1, -0.05) is 0 Å². The number of carbonyl (C=O) groups excluding carboxylic acids is 1. The van der Waals surface area contributed by atoms with Crippen molar-refractivity contribution >= 4 is 16.7 Å². The van der Waals surface area contributed by atoms with Crippen molar-refractivity contribution < 1.29 is 32.5 Å². The Kier molecular flexibility index (Phi) is 6.05. The van der Waals surface area contributed by atoms with Gasteiger partial charge in [0.15, 0.2) is 5.78 Å². The standard InChI is InChI=1S/C22H20F3NO4/c1-14-19(13-21(28)15-4-6-16(29-2)7-5-15)18-9-8-17(30-22(23,24)25)12-20(18)26(14)10-3-11-27/h3-9,11-12,27H,10,13H2,1-2H3/b11-3+. The van der Waals surface area contributed by atoms with Crippen molar-refractivity contribution in [1.29, 1.82) is 0 Å². The number of rotatable bonds is 7. The van der Waals surface area contributed by atoms with Crippen molar-refractivity contribution in [3.8, 4) is 11.5 Å². The minimum atomic E-state index is -4.81. The summed E-state index contributed by atoms with van der Waals surface area (Å²) in [6.07, 6.45) is -2.41. The highest BCUT2D eigenvalue weighted by Gasteiger charge is 2.31. The largest absolute Gasteiger partial charge is 0.573 e. The monoisotopic (exact) mass is 419 g/mol. The SMILES string of the molecule is COc1ccc(C(=O)Cc2c(C)n(C/C=C/O)c3cc(OC(F)(F)F)ccc23)cc1. The highest BCUT2D eigenvalue weighted by molar-refractivity contribution is 6.00. The second kappa shape index (κ2) is 8.52. The lowest BCUT2D eigenvalue weighted by Gasteiger charge is -2.10. The lowest BCUT2D eigenvalue weighted by Crippen LogP contribution is -2.17. The number of ether oxygens (including phenoxy) is 2. The maximum Gasteiger partial charge on any atom is 0.573 e. The van der Waals surface area contributed by atoms with Crippen LogP contribution in [0.3, 0.4) is 0 Å². The fraction of sp³-hybridized carbons (Fsp3) is 0.227. The molecule has 2 aromatic carbocycles. The Balaban J connectivity index is 2.02. The van der Waals surface area contributed by atoms with Crippen LogP contribution >= 0.6 is 0 Å². The number of nitrogens with zero attached hydrogens (tertiary/aromatic N) is 1. The number of fused-ring (bicyclic) bond motifs is 1. The number of allylic oxidation sites excluding steroid dienone is 1. The normalized spacial score (nSPS) is 11.9. The third-order valence-corrected chi connectivity index (χ3v) is 4.80. The van der Waals surface area contributed by atoms with Gasteiger partial charge in [0.25, 0.3) is 0 Å². The minimum absolute atomic E-state index is 0.0734. The van der Waals surface area contributed by atoms with Crippen LogP contribution in [0.1, 0.15) is 21.6 Å². The zero-order chi connectivity index (χ0) is 21.9. The van der Waals surface area contributed by atoms with Gasteiger partial charge >= 0.3 is 6.36 Å². The van der Waals surface area contributed by atoms with E-state index in [-0.39, 0.29) is 24.5 Å². The number of Topliss-reactive ketones (excluding diaryl/α,β-unsaturated/α-hetero) is 1. The van der Waals surface area contributed by atoms with E-state index in [9.17, 15) is 18.0 Å². The second-order valence-corrected chi connectivity index (χ2v) is 6.61. The molecule has 0 amide bonds. The van der Waals surface area contributed by atoms with Crippen LogP contribution in [-0.4, -0.2) is 28.9 Å². The molecule has 0 radical (unpaired) electrons. The average Bonchev–Trinajstić information content (AvgIpc) is 2.95. The van der Waals surface area contributed by atoms with Crippen molar-refractivity contribution in [2.45, 2.75) is 26.3 Å². The van der Waals surface area contributed by atoms with E-state index < -0.39 is 6.36 Å². The van der Waals surface area contributed by atoms with Gasteiger partial charge in [-0.25, -0.2) is 0 Å². The number of benzene rings is 2. The predicted octanol–water partition coefficient (Wildman–Crippen LogP) is 5.35. The van der Waals surface area contributed by atoms with Crippen LogP contribution in [0.2, 0.25) is 0 Å². The molecule has 5 nitrogen and oxygen atoms in total. The highest BCUT2D eigenvalue weighted by Crippen LogP contribution is 2.32. The number of alkyl halides is 3. The van der Waals surface area contributed by atoms with Gasteiger partial charge in [-0.15, -0.1) is 13.2 Å². The molecule has 0 aliphatic heterocycles. The van der Waals surface area contributed by atoms with Crippen molar-refractivity contribution in [2.75, 3.05) is 7.11 Å². The summed E-state index contributed by atoms with van der Waals surface area (Å²) in [5.41, 5.74) is 2.40. The van der Waals surface area contributed by atoms with E-state index in [2.05, 4.69) is 4.74 Å². The molecular weight excluding hydrogens is 399 g/mol. The maximum atomic E-state index is 12.8. The Labute approximate surface area is 170 Å². The lowest BCUT2D eigenvalue weighted by molar-refractivity contribution is -0.274. The van der Waals surface area contributed by atoms with Gasteiger partial charge in [-0.05, 0) is 55.0 Å². The molecule has 0 aliphatic carbocycles. The summed E-state index contributed by atoms with van der Waals surface area (Å²) < 4.78 is 48.7. The van der Waals surface area contributed by atoms with Gasteiger partial charge in [-0.2, -0.15) is 0 Å². The average molecular weight is 419 g/mol. The van der Waals surface area contributed by atoms with Crippen LogP contribution in [0.25, 0.3) is 10.9 Å². The Hall–Kier alpha value is -3.42. The number of carbonyl (C=O) groups is 1. The Morgan fingerprint density at radius 2 is 1.80 bits per heavy atom. The van der Waals surface area contributed by atoms with Crippen LogP contribution in [0, 0.1) is 6.92 Å². The number of aliphatic hydroxyl groups excluding tert-OH is 1. The molecule has 3 aromatic rings. The maximum absolute atomic E-state index is 12.8. The Bertz CT molecular complexity index is 1080. The van der Waals surface area contributed by atoms with Crippen molar-refractivity contribution in [2.24, 2.45) is 0 Å². The minimum Gasteiger partial charge on any atom is -0.516 e. The van der Waals surface area contributed by atoms with E-state index in [1.807, 2.05) is 0 Å². The third-order valence-electron chi connectivity index (χ3n) is 4.80. The predicted molar refractivity (Wildman–Crippen MR) is 106 cm³/mol. The first kappa shape index (κ1) is 21.3. The number of aliphatic hydroxyl groups is 1. The Morgan fingerprint density at radius 1 is 1.13 bits per heavy atom. The first-order valence-corrected chi connectivity index (χ1v) is 9.07. The lowest BCUT2D eigenvalue weighted by atomic mass is 10.0. The molecule has 0 saturated carbocycles. The summed E-state index contributed by atoms with van der Waals surface area (Å²) in [5.74, 6) is 0.148. The van der Waals surface area contributed by atoms with Gasteiger partial charge in [0.1, 0.15) is 11.5 Å². The number of hydrogen-bond donors (Lipinski definition) is 1. The third kappa shape index (κ3) is 4.59. The Morgan fingerprint density at radius 3 is 2.40 bits per heavy atom. The topological polar surface area (TPSA) is 60.7 Å². The van der Waals surface area contributed by atoms with Gasteiger partial charge in [0.2, 0.25) is 0 Å². The van der Waals surface area contributed by atoms with Crippen LogP contribution in [0.15, 0.2) is 54.8 Å².